The summed E-state index contributed by atoms with van der Waals surface area (Å²) in [5, 5.41) is 0. The molecule has 2 aromatic rings. The number of pyridine rings is 1. The van der Waals surface area contributed by atoms with Crippen molar-refractivity contribution in [2.45, 2.75) is 11.8 Å². The van der Waals surface area contributed by atoms with E-state index in [9.17, 15) is 4.79 Å². The first-order valence-electron chi connectivity index (χ1n) is 5.21. The molecule has 1 heterocycles. The van der Waals surface area contributed by atoms with Gasteiger partial charge in [0, 0.05) is 17.2 Å². The first-order valence-corrected chi connectivity index (χ1v) is 6.20. The van der Waals surface area contributed by atoms with Crippen molar-refractivity contribution in [2.75, 3.05) is 5.75 Å². The van der Waals surface area contributed by atoms with Crippen molar-refractivity contribution in [3.63, 3.8) is 0 Å². The lowest BCUT2D eigenvalue weighted by Gasteiger charge is -2.02. The molecule has 0 unspecified atom stereocenters. The van der Waals surface area contributed by atoms with E-state index in [-0.39, 0.29) is 5.56 Å². The lowest BCUT2D eigenvalue weighted by Crippen LogP contribution is -2.01. The number of nitrogens with one attached hydrogen (secondary N) is 1. The van der Waals surface area contributed by atoms with Crippen molar-refractivity contribution in [1.82, 2.24) is 4.98 Å². The van der Waals surface area contributed by atoms with Crippen LogP contribution >= 0.6 is 11.8 Å². The van der Waals surface area contributed by atoms with E-state index < -0.39 is 0 Å². The molecule has 0 spiro atoms. The van der Waals surface area contributed by atoms with Crippen molar-refractivity contribution >= 4 is 11.8 Å². The highest BCUT2D eigenvalue weighted by atomic mass is 32.2. The van der Waals surface area contributed by atoms with Crippen LogP contribution in [0.1, 0.15) is 6.92 Å². The molecule has 0 aliphatic carbocycles. The number of aromatic nitrogens is 1. The van der Waals surface area contributed by atoms with Crippen LogP contribution in [0.15, 0.2) is 52.3 Å². The summed E-state index contributed by atoms with van der Waals surface area (Å²) in [5.41, 5.74) is 2.09. The van der Waals surface area contributed by atoms with Gasteiger partial charge in [0.25, 0.3) is 0 Å². The van der Waals surface area contributed by atoms with Crippen LogP contribution in [0.5, 0.6) is 0 Å². The van der Waals surface area contributed by atoms with Crippen molar-refractivity contribution in [3.8, 4) is 11.1 Å². The van der Waals surface area contributed by atoms with Crippen LogP contribution in [0, 0.1) is 0 Å². The van der Waals surface area contributed by atoms with Gasteiger partial charge >= 0.3 is 0 Å². The van der Waals surface area contributed by atoms with E-state index in [4.69, 9.17) is 0 Å². The Morgan fingerprint density at radius 3 is 2.31 bits per heavy atom. The topological polar surface area (TPSA) is 32.9 Å². The highest BCUT2D eigenvalue weighted by Gasteiger charge is 1.97. The van der Waals surface area contributed by atoms with Gasteiger partial charge in [0.05, 0.1) is 0 Å². The van der Waals surface area contributed by atoms with Crippen LogP contribution in [0.4, 0.5) is 0 Å². The summed E-state index contributed by atoms with van der Waals surface area (Å²) >= 11 is 1.82. The maximum Gasteiger partial charge on any atom is 0.247 e. The molecule has 16 heavy (non-hydrogen) atoms. The maximum atomic E-state index is 10.9. The van der Waals surface area contributed by atoms with Gasteiger partial charge in [-0.3, -0.25) is 4.79 Å². The van der Waals surface area contributed by atoms with Crippen molar-refractivity contribution < 1.29 is 0 Å². The average molecular weight is 231 g/mol. The molecular weight excluding hydrogens is 218 g/mol. The number of H-pyrrole nitrogens is 1. The van der Waals surface area contributed by atoms with Crippen LogP contribution in [0.3, 0.4) is 0 Å². The molecule has 0 atom stereocenters. The lowest BCUT2D eigenvalue weighted by atomic mass is 10.1. The largest absolute Gasteiger partial charge is 0.328 e. The number of thioether (sulfide) groups is 1. The Morgan fingerprint density at radius 2 is 1.75 bits per heavy atom. The molecule has 0 aliphatic heterocycles. The van der Waals surface area contributed by atoms with Gasteiger partial charge in [0.1, 0.15) is 0 Å². The Hall–Kier alpha value is -1.48. The fourth-order valence-electron chi connectivity index (χ4n) is 1.50. The first-order chi connectivity index (χ1) is 7.79. The summed E-state index contributed by atoms with van der Waals surface area (Å²) in [5.74, 6) is 1.08. The molecule has 0 radical (unpaired) electrons. The highest BCUT2D eigenvalue weighted by molar-refractivity contribution is 7.99. The molecule has 0 aliphatic rings. The number of hydrogen-bond acceptors (Lipinski definition) is 2. The summed E-state index contributed by atoms with van der Waals surface area (Å²) in [6.45, 7) is 2.14. The zero-order chi connectivity index (χ0) is 11.4. The van der Waals surface area contributed by atoms with Crippen LogP contribution in [0.2, 0.25) is 0 Å². The Balaban J connectivity index is 2.27. The second-order valence-corrected chi connectivity index (χ2v) is 4.74. The van der Waals surface area contributed by atoms with E-state index in [0.717, 1.165) is 16.9 Å². The second-order valence-electron chi connectivity index (χ2n) is 3.40. The highest BCUT2D eigenvalue weighted by Crippen LogP contribution is 2.22. The van der Waals surface area contributed by atoms with Gasteiger partial charge in [-0.1, -0.05) is 19.1 Å². The van der Waals surface area contributed by atoms with E-state index in [1.807, 2.05) is 17.8 Å². The first kappa shape index (κ1) is 11.0. The predicted octanol–water partition coefficient (Wildman–Crippen LogP) is 3.15. The standard InChI is InChI=1S/C13H13NOS/c1-2-16-12-6-3-10(4-7-12)11-5-8-13(15)14-9-11/h3-9H,2H2,1H3,(H,14,15). The van der Waals surface area contributed by atoms with E-state index in [0.29, 0.717) is 0 Å². The van der Waals surface area contributed by atoms with Gasteiger partial charge in [-0.05, 0) is 35.1 Å². The van der Waals surface area contributed by atoms with Crippen molar-refractivity contribution in [2.24, 2.45) is 0 Å². The molecule has 2 nitrogen and oxygen atoms in total. The molecule has 1 aromatic heterocycles. The summed E-state index contributed by atoms with van der Waals surface area (Å²) in [6, 6.07) is 11.7. The molecule has 1 aromatic carbocycles. The molecule has 3 heteroatoms. The third-order valence-corrected chi connectivity index (χ3v) is 3.18. The average Bonchev–Trinajstić information content (AvgIpc) is 2.32. The Kier molecular flexibility index (Phi) is 3.47. The number of aromatic amines is 1. The van der Waals surface area contributed by atoms with E-state index >= 15 is 0 Å². The number of hydrogen-bond donors (Lipinski definition) is 1. The normalized spacial score (nSPS) is 10.3. The predicted molar refractivity (Wildman–Crippen MR) is 68.9 cm³/mol. The molecule has 1 N–H and O–H groups in total. The van der Waals surface area contributed by atoms with Gasteiger partial charge < -0.3 is 4.98 Å². The number of rotatable bonds is 3. The van der Waals surface area contributed by atoms with Crippen LogP contribution < -0.4 is 5.56 Å². The minimum Gasteiger partial charge on any atom is -0.328 e. The zero-order valence-electron chi connectivity index (χ0n) is 9.07. The molecule has 2 rings (SSSR count). The third kappa shape index (κ3) is 2.55. The summed E-state index contributed by atoms with van der Waals surface area (Å²) in [4.78, 5) is 14.9. The summed E-state index contributed by atoms with van der Waals surface area (Å²) < 4.78 is 0. The molecule has 0 fully saturated rings. The second kappa shape index (κ2) is 5.03. The molecule has 0 saturated heterocycles. The quantitative estimate of drug-likeness (QED) is 0.823. The van der Waals surface area contributed by atoms with Crippen LogP contribution in [0.25, 0.3) is 11.1 Å². The Labute approximate surface area is 98.7 Å². The smallest absolute Gasteiger partial charge is 0.247 e. The fraction of sp³-hybridized carbons (Fsp3) is 0.154. The fourth-order valence-corrected chi connectivity index (χ4v) is 2.16. The Morgan fingerprint density at radius 1 is 1.06 bits per heavy atom. The summed E-state index contributed by atoms with van der Waals surface area (Å²) in [6.07, 6.45) is 1.74. The van der Waals surface area contributed by atoms with Gasteiger partial charge in [-0.15, -0.1) is 11.8 Å². The van der Waals surface area contributed by atoms with E-state index in [2.05, 4.69) is 36.2 Å². The van der Waals surface area contributed by atoms with Crippen molar-refractivity contribution in [1.29, 1.82) is 0 Å². The zero-order valence-corrected chi connectivity index (χ0v) is 9.88. The molecule has 0 bridgehead atoms. The molecule has 82 valence electrons. The third-order valence-electron chi connectivity index (χ3n) is 2.28. The van der Waals surface area contributed by atoms with Gasteiger partial charge in [0.15, 0.2) is 0 Å². The van der Waals surface area contributed by atoms with Gasteiger partial charge in [-0.25, -0.2) is 0 Å². The van der Waals surface area contributed by atoms with Crippen LogP contribution in [-0.2, 0) is 0 Å². The molecule has 0 saturated carbocycles. The SMILES string of the molecule is CCSc1ccc(-c2ccc(=O)[nH]c2)cc1. The van der Waals surface area contributed by atoms with Gasteiger partial charge in [0.2, 0.25) is 5.56 Å². The minimum atomic E-state index is -0.0677. The maximum absolute atomic E-state index is 10.9. The minimum absolute atomic E-state index is 0.0677. The molecule has 0 amide bonds. The molecular formula is C13H13NOS. The van der Waals surface area contributed by atoms with E-state index in [1.54, 1.807) is 12.3 Å². The monoisotopic (exact) mass is 231 g/mol. The summed E-state index contributed by atoms with van der Waals surface area (Å²) in [7, 11) is 0. The van der Waals surface area contributed by atoms with Crippen LogP contribution in [-0.4, -0.2) is 10.7 Å². The number of benzene rings is 1. The van der Waals surface area contributed by atoms with Crippen molar-refractivity contribution in [3.05, 3.63) is 52.9 Å². The van der Waals surface area contributed by atoms with E-state index in [1.165, 1.54) is 4.90 Å². The van der Waals surface area contributed by atoms with Gasteiger partial charge in [-0.2, -0.15) is 0 Å². The lowest BCUT2D eigenvalue weighted by molar-refractivity contribution is 1.24. The Bertz CT molecular complexity index is 496.